The summed E-state index contributed by atoms with van der Waals surface area (Å²) in [5.41, 5.74) is 6.56. The molecule has 3 aromatic rings. The van der Waals surface area contributed by atoms with Crippen molar-refractivity contribution in [3.05, 3.63) is 83.8 Å². The van der Waals surface area contributed by atoms with E-state index in [1.54, 1.807) is 6.26 Å². The van der Waals surface area contributed by atoms with E-state index in [0.717, 1.165) is 37.7 Å². The molecule has 2 aromatic carbocycles. The lowest BCUT2D eigenvalue weighted by Gasteiger charge is -2.37. The summed E-state index contributed by atoms with van der Waals surface area (Å²) in [7, 11) is 0. The van der Waals surface area contributed by atoms with Crippen LogP contribution < -0.4 is 0 Å². The quantitative estimate of drug-likeness (QED) is 0.652. The number of furan rings is 1. The largest absolute Gasteiger partial charge is 0.463 e. The van der Waals surface area contributed by atoms with Crippen molar-refractivity contribution in [3.8, 4) is 11.1 Å². The summed E-state index contributed by atoms with van der Waals surface area (Å²) in [4.78, 5) is 2.60. The fourth-order valence-corrected chi connectivity index (χ4v) is 4.34. The predicted octanol–water partition coefficient (Wildman–Crippen LogP) is 4.39. The van der Waals surface area contributed by atoms with Gasteiger partial charge in [0.2, 0.25) is 0 Å². The van der Waals surface area contributed by atoms with Crippen molar-refractivity contribution >= 4 is 5.71 Å². The third kappa shape index (κ3) is 2.86. The lowest BCUT2D eigenvalue weighted by Crippen LogP contribution is -2.45. The lowest BCUT2D eigenvalue weighted by atomic mass is 10.0. The molecule has 27 heavy (non-hydrogen) atoms. The van der Waals surface area contributed by atoms with Crippen LogP contribution in [0.3, 0.4) is 0 Å². The number of fused-ring (bicyclic) bond motifs is 3. The van der Waals surface area contributed by atoms with Gasteiger partial charge in [0, 0.05) is 26.2 Å². The number of piperazine rings is 1. The van der Waals surface area contributed by atoms with Crippen molar-refractivity contribution in [1.82, 2.24) is 9.91 Å². The Labute approximate surface area is 159 Å². The molecule has 0 atom stereocenters. The van der Waals surface area contributed by atoms with Crippen LogP contribution in [0.15, 0.2) is 76.4 Å². The van der Waals surface area contributed by atoms with Crippen molar-refractivity contribution < 1.29 is 4.42 Å². The van der Waals surface area contributed by atoms with Crippen LogP contribution in [0.4, 0.5) is 0 Å². The van der Waals surface area contributed by atoms with Crippen molar-refractivity contribution in [2.24, 2.45) is 5.10 Å². The van der Waals surface area contributed by atoms with Crippen LogP contribution in [0.2, 0.25) is 0 Å². The smallest absolute Gasteiger partial charge is 0.149 e. The second-order valence-electron chi connectivity index (χ2n) is 7.23. The van der Waals surface area contributed by atoms with Gasteiger partial charge in [0.25, 0.3) is 0 Å². The SMILES string of the molecule is C/C(=N\N1CCN(C2c3ccccc3-c3ccccc32)CC1)c1ccco1. The van der Waals surface area contributed by atoms with E-state index in [0.29, 0.717) is 6.04 Å². The third-order valence-corrected chi connectivity index (χ3v) is 5.63. The fourth-order valence-electron chi connectivity index (χ4n) is 4.34. The van der Waals surface area contributed by atoms with Gasteiger partial charge in [0.05, 0.1) is 18.0 Å². The zero-order valence-electron chi connectivity index (χ0n) is 15.5. The monoisotopic (exact) mass is 357 g/mol. The molecule has 0 bridgehead atoms. The van der Waals surface area contributed by atoms with Crippen molar-refractivity contribution in [2.75, 3.05) is 26.2 Å². The lowest BCUT2D eigenvalue weighted by molar-refractivity contribution is 0.113. The van der Waals surface area contributed by atoms with Crippen LogP contribution in [0.25, 0.3) is 11.1 Å². The summed E-state index contributed by atoms with van der Waals surface area (Å²) >= 11 is 0. The Morgan fingerprint density at radius 2 is 1.48 bits per heavy atom. The minimum absolute atomic E-state index is 0.356. The molecule has 0 N–H and O–H groups in total. The van der Waals surface area contributed by atoms with Gasteiger partial charge in [-0.05, 0) is 41.3 Å². The highest BCUT2D eigenvalue weighted by Crippen LogP contribution is 2.46. The molecule has 0 spiro atoms. The Morgan fingerprint density at radius 3 is 2.07 bits per heavy atom. The molecule has 4 nitrogen and oxygen atoms in total. The van der Waals surface area contributed by atoms with E-state index in [1.807, 2.05) is 19.1 Å². The molecule has 0 unspecified atom stereocenters. The Balaban J connectivity index is 1.36. The number of hydrazone groups is 1. The number of hydrogen-bond donors (Lipinski definition) is 0. The molecule has 136 valence electrons. The molecule has 0 amide bonds. The molecular formula is C23H23N3O. The first-order valence-corrected chi connectivity index (χ1v) is 9.57. The molecule has 2 heterocycles. The van der Waals surface area contributed by atoms with E-state index < -0.39 is 0 Å². The highest BCUT2D eigenvalue weighted by Gasteiger charge is 2.33. The Bertz CT molecular complexity index is 923. The van der Waals surface area contributed by atoms with Crippen LogP contribution in [0.1, 0.15) is 29.9 Å². The van der Waals surface area contributed by atoms with Gasteiger partial charge < -0.3 is 4.42 Å². The van der Waals surface area contributed by atoms with E-state index in [-0.39, 0.29) is 0 Å². The number of rotatable bonds is 3. The maximum atomic E-state index is 5.45. The van der Waals surface area contributed by atoms with Crippen molar-refractivity contribution in [1.29, 1.82) is 0 Å². The molecule has 5 rings (SSSR count). The van der Waals surface area contributed by atoms with E-state index in [2.05, 4.69) is 58.4 Å². The first-order valence-electron chi connectivity index (χ1n) is 9.57. The summed E-state index contributed by atoms with van der Waals surface area (Å²) in [6, 6.07) is 21.9. The highest BCUT2D eigenvalue weighted by atomic mass is 16.3. The summed E-state index contributed by atoms with van der Waals surface area (Å²) in [6.45, 7) is 5.87. The minimum Gasteiger partial charge on any atom is -0.463 e. The normalized spacial score (nSPS) is 17.8. The summed E-state index contributed by atoms with van der Waals surface area (Å²) < 4.78 is 5.45. The number of hydrogen-bond acceptors (Lipinski definition) is 4. The van der Waals surface area contributed by atoms with Crippen LogP contribution in [-0.4, -0.2) is 41.8 Å². The minimum atomic E-state index is 0.356. The first kappa shape index (κ1) is 16.3. The summed E-state index contributed by atoms with van der Waals surface area (Å²) in [5, 5.41) is 6.93. The molecule has 1 aliphatic carbocycles. The van der Waals surface area contributed by atoms with Crippen LogP contribution in [-0.2, 0) is 0 Å². The number of benzene rings is 2. The Morgan fingerprint density at radius 1 is 0.852 bits per heavy atom. The van der Waals surface area contributed by atoms with Crippen molar-refractivity contribution in [2.45, 2.75) is 13.0 Å². The van der Waals surface area contributed by atoms with Gasteiger partial charge in [-0.1, -0.05) is 48.5 Å². The standard InChI is InChI=1S/C23H23N3O/c1-17(22-11-6-16-27-22)24-26-14-12-25(13-15-26)23-20-9-4-2-7-18(20)19-8-3-5-10-21(19)23/h2-11,16,23H,12-15H2,1H3/b24-17+. The van der Waals surface area contributed by atoms with Crippen LogP contribution >= 0.6 is 0 Å². The Kier molecular flexibility index (Phi) is 4.06. The average Bonchev–Trinajstić information content (AvgIpc) is 3.35. The molecule has 1 saturated heterocycles. The first-order chi connectivity index (χ1) is 13.3. The molecule has 1 fully saturated rings. The van der Waals surface area contributed by atoms with Gasteiger partial charge in [0.1, 0.15) is 5.76 Å². The van der Waals surface area contributed by atoms with Gasteiger partial charge in [-0.2, -0.15) is 5.10 Å². The molecular weight excluding hydrogens is 334 g/mol. The van der Waals surface area contributed by atoms with E-state index in [9.17, 15) is 0 Å². The van der Waals surface area contributed by atoms with Gasteiger partial charge in [-0.25, -0.2) is 0 Å². The average molecular weight is 357 g/mol. The molecule has 4 heteroatoms. The topological polar surface area (TPSA) is 32.0 Å². The van der Waals surface area contributed by atoms with E-state index >= 15 is 0 Å². The summed E-state index contributed by atoms with van der Waals surface area (Å²) in [5.74, 6) is 0.844. The zero-order chi connectivity index (χ0) is 18.2. The maximum Gasteiger partial charge on any atom is 0.149 e. The van der Waals surface area contributed by atoms with E-state index in [4.69, 9.17) is 9.52 Å². The molecule has 0 saturated carbocycles. The second kappa shape index (κ2) is 6.71. The van der Waals surface area contributed by atoms with Gasteiger partial charge >= 0.3 is 0 Å². The Hall–Kier alpha value is -2.85. The fraction of sp³-hybridized carbons (Fsp3) is 0.261. The van der Waals surface area contributed by atoms with Crippen LogP contribution in [0.5, 0.6) is 0 Å². The van der Waals surface area contributed by atoms with Gasteiger partial charge in [-0.3, -0.25) is 9.91 Å². The highest BCUT2D eigenvalue weighted by molar-refractivity contribution is 5.95. The van der Waals surface area contributed by atoms with Crippen LogP contribution in [0, 0.1) is 0 Å². The molecule has 1 aromatic heterocycles. The summed E-state index contributed by atoms with van der Waals surface area (Å²) in [6.07, 6.45) is 1.70. The zero-order valence-corrected chi connectivity index (χ0v) is 15.5. The van der Waals surface area contributed by atoms with Gasteiger partial charge in [-0.15, -0.1) is 0 Å². The van der Waals surface area contributed by atoms with Crippen molar-refractivity contribution in [3.63, 3.8) is 0 Å². The molecule has 2 aliphatic rings. The van der Waals surface area contributed by atoms with E-state index in [1.165, 1.54) is 22.3 Å². The molecule has 1 aliphatic heterocycles. The predicted molar refractivity (Wildman–Crippen MR) is 108 cm³/mol. The third-order valence-electron chi connectivity index (χ3n) is 5.63. The second-order valence-corrected chi connectivity index (χ2v) is 7.23. The molecule has 0 radical (unpaired) electrons. The number of nitrogens with zero attached hydrogens (tertiary/aromatic N) is 3. The van der Waals surface area contributed by atoms with Gasteiger partial charge in [0.15, 0.2) is 0 Å². The maximum absolute atomic E-state index is 5.45.